The Labute approximate surface area is 147 Å². The molecule has 0 atom stereocenters. The van der Waals surface area contributed by atoms with Gasteiger partial charge in [0.15, 0.2) is 0 Å². The molecular formula is C16H22N6O2S. The average Bonchev–Trinajstić information content (AvgIpc) is 3.02. The number of pyridine rings is 1. The van der Waals surface area contributed by atoms with Gasteiger partial charge in [-0.3, -0.25) is 9.58 Å². The fourth-order valence-electron chi connectivity index (χ4n) is 3.38. The second-order valence-corrected chi connectivity index (χ2v) is 8.47. The molecule has 2 saturated heterocycles. The van der Waals surface area contributed by atoms with Crippen molar-refractivity contribution in [3.05, 3.63) is 36.8 Å². The molecule has 2 aromatic heterocycles. The maximum Gasteiger partial charge on any atom is 0.246 e. The zero-order valence-corrected chi connectivity index (χ0v) is 15.0. The van der Waals surface area contributed by atoms with Crippen molar-refractivity contribution >= 4 is 15.8 Å². The molecule has 2 aromatic rings. The summed E-state index contributed by atoms with van der Waals surface area (Å²) in [6.07, 6.45) is 4.78. The van der Waals surface area contributed by atoms with Crippen molar-refractivity contribution in [3.63, 3.8) is 0 Å². The molecule has 0 radical (unpaired) electrons. The van der Waals surface area contributed by atoms with Crippen molar-refractivity contribution in [2.45, 2.75) is 10.9 Å². The number of rotatable bonds is 4. The SMILES string of the molecule is Cn1cc(S(=O)(=O)N2CC(N3CCN(c4ccccn4)CC3)C2)cn1. The fraction of sp³-hybridized carbons (Fsp3) is 0.500. The van der Waals surface area contributed by atoms with Gasteiger partial charge < -0.3 is 4.90 Å². The first-order valence-electron chi connectivity index (χ1n) is 8.43. The van der Waals surface area contributed by atoms with E-state index in [0.717, 1.165) is 32.0 Å². The summed E-state index contributed by atoms with van der Waals surface area (Å²) in [5.41, 5.74) is 0. The average molecular weight is 362 g/mol. The Morgan fingerprint density at radius 1 is 1.12 bits per heavy atom. The number of hydrogen-bond donors (Lipinski definition) is 0. The van der Waals surface area contributed by atoms with Gasteiger partial charge in [0, 0.05) is 64.8 Å². The van der Waals surface area contributed by atoms with E-state index in [2.05, 4.69) is 19.9 Å². The van der Waals surface area contributed by atoms with Crippen LogP contribution >= 0.6 is 0 Å². The summed E-state index contributed by atoms with van der Waals surface area (Å²) in [7, 11) is -1.68. The predicted octanol–water partition coefficient (Wildman–Crippen LogP) is 0.0102. The highest BCUT2D eigenvalue weighted by atomic mass is 32.2. The maximum atomic E-state index is 12.5. The third-order valence-corrected chi connectivity index (χ3v) is 6.74. The van der Waals surface area contributed by atoms with Gasteiger partial charge in [-0.2, -0.15) is 9.40 Å². The molecule has 2 fully saturated rings. The van der Waals surface area contributed by atoms with Crippen LogP contribution in [0.5, 0.6) is 0 Å². The third-order valence-electron chi connectivity index (χ3n) is 4.95. The summed E-state index contributed by atoms with van der Waals surface area (Å²) in [6.45, 7) is 4.82. The van der Waals surface area contributed by atoms with Crippen molar-refractivity contribution in [3.8, 4) is 0 Å². The molecule has 8 nitrogen and oxygen atoms in total. The van der Waals surface area contributed by atoms with Gasteiger partial charge in [0.1, 0.15) is 10.7 Å². The van der Waals surface area contributed by atoms with Crippen LogP contribution in [0, 0.1) is 0 Å². The molecule has 0 aromatic carbocycles. The monoisotopic (exact) mass is 362 g/mol. The minimum atomic E-state index is -3.40. The summed E-state index contributed by atoms with van der Waals surface area (Å²) in [4.78, 5) is 9.33. The van der Waals surface area contributed by atoms with E-state index in [4.69, 9.17) is 0 Å². The van der Waals surface area contributed by atoms with E-state index in [1.165, 1.54) is 10.9 Å². The first-order valence-corrected chi connectivity index (χ1v) is 9.87. The van der Waals surface area contributed by atoms with Gasteiger partial charge in [-0.05, 0) is 12.1 Å². The minimum Gasteiger partial charge on any atom is -0.354 e. The molecule has 134 valence electrons. The Bertz CT molecular complexity index is 823. The second kappa shape index (κ2) is 6.40. The lowest BCUT2D eigenvalue weighted by molar-refractivity contribution is 0.0827. The van der Waals surface area contributed by atoms with Gasteiger partial charge in [0.2, 0.25) is 10.0 Å². The second-order valence-electron chi connectivity index (χ2n) is 6.54. The van der Waals surface area contributed by atoms with E-state index in [9.17, 15) is 8.42 Å². The van der Waals surface area contributed by atoms with Gasteiger partial charge in [-0.25, -0.2) is 13.4 Å². The van der Waals surface area contributed by atoms with Gasteiger partial charge in [-0.1, -0.05) is 6.07 Å². The smallest absolute Gasteiger partial charge is 0.246 e. The highest BCUT2D eigenvalue weighted by molar-refractivity contribution is 7.89. The molecule has 2 aliphatic heterocycles. The van der Waals surface area contributed by atoms with Gasteiger partial charge in [0.05, 0.1) is 6.20 Å². The molecule has 2 aliphatic rings. The number of aryl methyl sites for hydroxylation is 1. The van der Waals surface area contributed by atoms with Crippen LogP contribution in [0.2, 0.25) is 0 Å². The fourth-order valence-corrected chi connectivity index (χ4v) is 4.88. The van der Waals surface area contributed by atoms with Crippen LogP contribution in [0.3, 0.4) is 0 Å². The molecule has 4 heterocycles. The molecule has 4 rings (SSSR count). The number of piperazine rings is 1. The summed E-state index contributed by atoms with van der Waals surface area (Å²) < 4.78 is 28.1. The normalized spacial score (nSPS) is 20.6. The Hall–Kier alpha value is -1.97. The van der Waals surface area contributed by atoms with Crippen molar-refractivity contribution in [1.29, 1.82) is 0 Å². The van der Waals surface area contributed by atoms with Crippen LogP contribution in [0.15, 0.2) is 41.7 Å². The number of hydrogen-bond acceptors (Lipinski definition) is 6. The summed E-state index contributed by atoms with van der Waals surface area (Å²) in [5, 5.41) is 3.96. The maximum absolute atomic E-state index is 12.5. The molecule has 0 unspecified atom stereocenters. The molecule has 0 spiro atoms. The van der Waals surface area contributed by atoms with Crippen LogP contribution in [0.4, 0.5) is 5.82 Å². The Balaban J connectivity index is 1.32. The third kappa shape index (κ3) is 3.14. The predicted molar refractivity (Wildman–Crippen MR) is 93.8 cm³/mol. The number of nitrogens with zero attached hydrogens (tertiary/aromatic N) is 6. The number of sulfonamides is 1. The Morgan fingerprint density at radius 3 is 2.48 bits per heavy atom. The van der Waals surface area contributed by atoms with Crippen molar-refractivity contribution in [1.82, 2.24) is 24.0 Å². The van der Waals surface area contributed by atoms with Crippen LogP contribution in [0.1, 0.15) is 0 Å². The molecule has 9 heteroatoms. The first kappa shape index (κ1) is 16.5. The van der Waals surface area contributed by atoms with Gasteiger partial charge in [-0.15, -0.1) is 0 Å². The van der Waals surface area contributed by atoms with Crippen LogP contribution in [0.25, 0.3) is 0 Å². The van der Waals surface area contributed by atoms with Crippen molar-refractivity contribution < 1.29 is 8.42 Å². The lowest BCUT2D eigenvalue weighted by Gasteiger charge is -2.47. The van der Waals surface area contributed by atoms with Crippen LogP contribution < -0.4 is 4.90 Å². The molecule has 25 heavy (non-hydrogen) atoms. The van der Waals surface area contributed by atoms with E-state index in [1.807, 2.05) is 24.4 Å². The topological polar surface area (TPSA) is 74.6 Å². The molecule has 0 bridgehead atoms. The Morgan fingerprint density at radius 2 is 1.88 bits per heavy atom. The molecular weight excluding hydrogens is 340 g/mol. The number of aromatic nitrogens is 3. The molecule has 0 saturated carbocycles. The van der Waals surface area contributed by atoms with E-state index < -0.39 is 10.0 Å². The van der Waals surface area contributed by atoms with Crippen molar-refractivity contribution in [2.75, 3.05) is 44.2 Å². The zero-order chi connectivity index (χ0) is 17.4. The standard InChI is InChI=1S/C16H22N6O2S/c1-19-13-15(10-18-19)25(23,24)22-11-14(12-22)20-6-8-21(9-7-20)16-4-2-3-5-17-16/h2-5,10,13-14H,6-9,11-12H2,1H3. The number of anilines is 1. The van der Waals surface area contributed by atoms with E-state index in [1.54, 1.807) is 17.5 Å². The minimum absolute atomic E-state index is 0.272. The highest BCUT2D eigenvalue weighted by Crippen LogP contribution is 2.25. The lowest BCUT2D eigenvalue weighted by atomic mass is 10.1. The largest absolute Gasteiger partial charge is 0.354 e. The highest BCUT2D eigenvalue weighted by Gasteiger charge is 2.40. The van der Waals surface area contributed by atoms with E-state index >= 15 is 0 Å². The molecule has 0 aliphatic carbocycles. The Kier molecular flexibility index (Phi) is 4.22. The van der Waals surface area contributed by atoms with Crippen LogP contribution in [-0.4, -0.2) is 77.7 Å². The summed E-state index contributed by atoms with van der Waals surface area (Å²) in [5.74, 6) is 1.01. The van der Waals surface area contributed by atoms with E-state index in [0.29, 0.717) is 19.1 Å². The molecule has 0 amide bonds. The summed E-state index contributed by atoms with van der Waals surface area (Å²) >= 11 is 0. The van der Waals surface area contributed by atoms with Gasteiger partial charge >= 0.3 is 0 Å². The van der Waals surface area contributed by atoms with Crippen molar-refractivity contribution in [2.24, 2.45) is 7.05 Å². The first-order chi connectivity index (χ1) is 12.0. The molecule has 0 N–H and O–H groups in total. The zero-order valence-electron chi connectivity index (χ0n) is 14.2. The lowest BCUT2D eigenvalue weighted by Crippen LogP contribution is -2.64. The summed E-state index contributed by atoms with van der Waals surface area (Å²) in [6, 6.07) is 6.26. The van der Waals surface area contributed by atoms with E-state index in [-0.39, 0.29) is 4.90 Å². The van der Waals surface area contributed by atoms with Crippen LogP contribution in [-0.2, 0) is 17.1 Å². The van der Waals surface area contributed by atoms with Gasteiger partial charge in [0.25, 0.3) is 0 Å². The quantitative estimate of drug-likeness (QED) is 0.763.